The number of nitrogens with one attached hydrogen (secondary N) is 2. The molecular weight excluding hydrogens is 238 g/mol. The van der Waals surface area contributed by atoms with Gasteiger partial charge >= 0.3 is 0 Å². The van der Waals surface area contributed by atoms with Crippen molar-refractivity contribution < 1.29 is 0 Å². The van der Waals surface area contributed by atoms with Crippen molar-refractivity contribution in [2.75, 3.05) is 0 Å². The van der Waals surface area contributed by atoms with Crippen molar-refractivity contribution in [2.24, 2.45) is 0 Å². The number of nitrogens with zero attached hydrogens (tertiary/aromatic N) is 1. The Morgan fingerprint density at radius 2 is 2.06 bits per heavy atom. The van der Waals surface area contributed by atoms with E-state index in [-0.39, 0.29) is 5.56 Å². The highest BCUT2D eigenvalue weighted by molar-refractivity contribution is 6.31. The van der Waals surface area contributed by atoms with Gasteiger partial charge in [0.1, 0.15) is 0 Å². The zero-order valence-corrected chi connectivity index (χ0v) is 9.45. The second-order valence-corrected chi connectivity index (χ2v) is 4.13. The summed E-state index contributed by atoms with van der Waals surface area (Å²) < 4.78 is 0. The number of hydrogen-bond donors (Lipinski definition) is 2. The third-order valence-electron chi connectivity index (χ3n) is 2.58. The Bertz CT molecular complexity index is 745. The number of aromatic nitrogens is 3. The maximum atomic E-state index is 11.3. The van der Waals surface area contributed by atoms with Gasteiger partial charge in [0.05, 0.1) is 17.5 Å². The maximum absolute atomic E-state index is 11.3. The van der Waals surface area contributed by atoms with Gasteiger partial charge in [-0.2, -0.15) is 0 Å². The van der Waals surface area contributed by atoms with E-state index in [2.05, 4.69) is 15.0 Å². The van der Waals surface area contributed by atoms with E-state index in [1.54, 1.807) is 6.07 Å². The minimum atomic E-state index is -0.185. The molecule has 2 aromatic heterocycles. The van der Waals surface area contributed by atoms with Crippen molar-refractivity contribution in [3.63, 3.8) is 0 Å². The van der Waals surface area contributed by atoms with Crippen molar-refractivity contribution in [2.45, 2.75) is 0 Å². The Balaban J connectivity index is 2.36. The molecule has 17 heavy (non-hydrogen) atoms. The molecule has 0 aliphatic rings. The van der Waals surface area contributed by atoms with Crippen LogP contribution in [0.15, 0.2) is 41.6 Å². The highest BCUT2D eigenvalue weighted by Crippen LogP contribution is 2.29. The minimum absolute atomic E-state index is 0.185. The molecule has 2 N–H and O–H groups in total. The fraction of sp³-hybridized carbons (Fsp3) is 0. The Morgan fingerprint density at radius 1 is 1.18 bits per heavy atom. The van der Waals surface area contributed by atoms with Crippen molar-refractivity contribution in [3.8, 4) is 11.3 Å². The van der Waals surface area contributed by atoms with E-state index in [1.807, 2.05) is 18.3 Å². The molecule has 1 aromatic carbocycles. The van der Waals surface area contributed by atoms with E-state index in [0.717, 1.165) is 16.5 Å². The fourth-order valence-electron chi connectivity index (χ4n) is 1.85. The molecule has 3 aromatic rings. The van der Waals surface area contributed by atoms with Crippen LogP contribution in [-0.4, -0.2) is 15.0 Å². The Kier molecular flexibility index (Phi) is 2.23. The molecule has 0 saturated heterocycles. The van der Waals surface area contributed by atoms with Crippen LogP contribution in [0.4, 0.5) is 0 Å². The summed E-state index contributed by atoms with van der Waals surface area (Å²) in [5.41, 5.74) is 2.16. The van der Waals surface area contributed by atoms with Gasteiger partial charge in [0, 0.05) is 28.2 Å². The first-order chi connectivity index (χ1) is 8.24. The summed E-state index contributed by atoms with van der Waals surface area (Å²) in [5.74, 6) is 0. The predicted molar refractivity (Wildman–Crippen MR) is 67.2 cm³/mol. The molecule has 0 aliphatic carbocycles. The molecular formula is C12H8ClN3O. The summed E-state index contributed by atoms with van der Waals surface area (Å²) in [5, 5.41) is 1.61. The number of rotatable bonds is 1. The van der Waals surface area contributed by atoms with Gasteiger partial charge in [0.25, 0.3) is 5.56 Å². The van der Waals surface area contributed by atoms with E-state index < -0.39 is 0 Å². The van der Waals surface area contributed by atoms with Crippen LogP contribution in [0.1, 0.15) is 0 Å². The van der Waals surface area contributed by atoms with Crippen LogP contribution in [0.2, 0.25) is 5.02 Å². The maximum Gasteiger partial charge on any atom is 0.251 e. The highest BCUT2D eigenvalue weighted by atomic mass is 35.5. The van der Waals surface area contributed by atoms with Crippen molar-refractivity contribution >= 4 is 22.5 Å². The van der Waals surface area contributed by atoms with Gasteiger partial charge < -0.3 is 9.97 Å². The lowest BCUT2D eigenvalue weighted by Crippen LogP contribution is -2.04. The number of fused-ring (bicyclic) bond motifs is 1. The number of aromatic amines is 2. The van der Waals surface area contributed by atoms with Crippen molar-refractivity contribution in [1.29, 1.82) is 0 Å². The monoisotopic (exact) mass is 245 g/mol. The van der Waals surface area contributed by atoms with Crippen LogP contribution in [-0.2, 0) is 0 Å². The van der Waals surface area contributed by atoms with E-state index in [4.69, 9.17) is 11.6 Å². The van der Waals surface area contributed by atoms with E-state index >= 15 is 0 Å². The van der Waals surface area contributed by atoms with Crippen LogP contribution >= 0.6 is 11.6 Å². The van der Waals surface area contributed by atoms with Crippen LogP contribution < -0.4 is 5.56 Å². The van der Waals surface area contributed by atoms with E-state index in [0.29, 0.717) is 10.7 Å². The number of hydrogen-bond acceptors (Lipinski definition) is 2. The Morgan fingerprint density at radius 3 is 2.88 bits per heavy atom. The first-order valence-electron chi connectivity index (χ1n) is 5.06. The molecule has 0 atom stereocenters. The lowest BCUT2D eigenvalue weighted by molar-refractivity contribution is 1.12. The standard InChI is InChI=1S/C12H8ClN3O/c13-8-3-7-1-2-14-12(7)9(4-8)10-5-11(17)16-6-15-10/h1-6,14H,(H,15,16,17). The second kappa shape index (κ2) is 3.75. The van der Waals surface area contributed by atoms with Gasteiger partial charge in [-0.25, -0.2) is 4.98 Å². The largest absolute Gasteiger partial charge is 0.361 e. The average molecular weight is 246 g/mol. The topological polar surface area (TPSA) is 61.5 Å². The van der Waals surface area contributed by atoms with Gasteiger partial charge in [-0.1, -0.05) is 11.6 Å². The quantitative estimate of drug-likeness (QED) is 0.692. The molecule has 0 amide bonds. The zero-order chi connectivity index (χ0) is 11.8. The van der Waals surface area contributed by atoms with Crippen molar-refractivity contribution in [3.05, 3.63) is 52.2 Å². The smallest absolute Gasteiger partial charge is 0.251 e. The number of benzene rings is 1. The summed E-state index contributed by atoms with van der Waals surface area (Å²) in [4.78, 5) is 21.0. The van der Waals surface area contributed by atoms with Crippen molar-refractivity contribution in [1.82, 2.24) is 15.0 Å². The fourth-order valence-corrected chi connectivity index (χ4v) is 2.08. The molecule has 0 bridgehead atoms. The molecule has 0 fully saturated rings. The predicted octanol–water partition coefficient (Wildman–Crippen LogP) is 2.57. The van der Waals surface area contributed by atoms with E-state index in [9.17, 15) is 4.79 Å². The third kappa shape index (κ3) is 1.72. The molecule has 4 nitrogen and oxygen atoms in total. The van der Waals surface area contributed by atoms with Gasteiger partial charge in [0.15, 0.2) is 0 Å². The molecule has 3 rings (SSSR count). The lowest BCUT2D eigenvalue weighted by Gasteiger charge is -2.03. The first-order valence-corrected chi connectivity index (χ1v) is 5.43. The third-order valence-corrected chi connectivity index (χ3v) is 2.80. The minimum Gasteiger partial charge on any atom is -0.361 e. The van der Waals surface area contributed by atoms with Crippen LogP contribution in [0, 0.1) is 0 Å². The summed E-state index contributed by atoms with van der Waals surface area (Å²) in [6.07, 6.45) is 3.21. The van der Waals surface area contributed by atoms with E-state index in [1.165, 1.54) is 12.4 Å². The SMILES string of the molecule is O=c1cc(-c2cc(Cl)cc3cc[nH]c23)nc[nH]1. The van der Waals surface area contributed by atoms with Gasteiger partial charge in [0.2, 0.25) is 0 Å². The number of halogens is 1. The summed E-state index contributed by atoms with van der Waals surface area (Å²) >= 11 is 6.04. The summed E-state index contributed by atoms with van der Waals surface area (Å²) in [7, 11) is 0. The molecule has 5 heteroatoms. The van der Waals surface area contributed by atoms with Gasteiger partial charge in [-0.15, -0.1) is 0 Å². The van der Waals surface area contributed by atoms with Gasteiger partial charge in [-0.05, 0) is 18.2 Å². The second-order valence-electron chi connectivity index (χ2n) is 3.69. The molecule has 0 saturated carbocycles. The number of H-pyrrole nitrogens is 2. The molecule has 0 radical (unpaired) electrons. The summed E-state index contributed by atoms with van der Waals surface area (Å²) in [6.45, 7) is 0. The van der Waals surface area contributed by atoms with Crippen LogP contribution in [0.3, 0.4) is 0 Å². The highest BCUT2D eigenvalue weighted by Gasteiger charge is 2.08. The normalized spacial score (nSPS) is 10.9. The molecule has 0 aliphatic heterocycles. The zero-order valence-electron chi connectivity index (χ0n) is 8.70. The first kappa shape index (κ1) is 10.1. The molecule has 84 valence electrons. The molecule has 2 heterocycles. The lowest BCUT2D eigenvalue weighted by atomic mass is 10.1. The summed E-state index contributed by atoms with van der Waals surface area (Å²) in [6, 6.07) is 7.04. The van der Waals surface area contributed by atoms with Crippen LogP contribution in [0.5, 0.6) is 0 Å². The van der Waals surface area contributed by atoms with Crippen LogP contribution in [0.25, 0.3) is 22.2 Å². The molecule has 0 unspecified atom stereocenters. The Labute approximate surface area is 101 Å². The van der Waals surface area contributed by atoms with Gasteiger partial charge in [-0.3, -0.25) is 4.79 Å². The Hall–Kier alpha value is -2.07. The average Bonchev–Trinajstić information content (AvgIpc) is 2.75. The molecule has 0 spiro atoms.